The molecule has 2 aromatic carbocycles. The Morgan fingerprint density at radius 1 is 1.05 bits per heavy atom. The summed E-state index contributed by atoms with van der Waals surface area (Å²) in [5.74, 6) is 1.73. The van der Waals surface area contributed by atoms with E-state index in [9.17, 15) is 0 Å². The largest absolute Gasteiger partial charge is 0.489 e. The predicted octanol–water partition coefficient (Wildman–Crippen LogP) is 4.97. The van der Waals surface area contributed by atoms with Crippen molar-refractivity contribution in [3.63, 3.8) is 0 Å². The SMILES string of the molecule is Cc1cc(C)cc(CSc2ccc(N)c(OC(C)C)c2)c1. The summed E-state index contributed by atoms with van der Waals surface area (Å²) in [4.78, 5) is 1.18. The highest BCUT2D eigenvalue weighted by molar-refractivity contribution is 7.98. The van der Waals surface area contributed by atoms with Crippen LogP contribution in [-0.2, 0) is 5.75 Å². The second kappa shape index (κ2) is 6.90. The van der Waals surface area contributed by atoms with Crippen molar-refractivity contribution in [2.45, 2.75) is 44.4 Å². The van der Waals surface area contributed by atoms with E-state index in [4.69, 9.17) is 10.5 Å². The van der Waals surface area contributed by atoms with Crippen LogP contribution < -0.4 is 10.5 Å². The normalized spacial score (nSPS) is 10.9. The van der Waals surface area contributed by atoms with E-state index in [1.165, 1.54) is 21.6 Å². The van der Waals surface area contributed by atoms with Crippen molar-refractivity contribution in [1.29, 1.82) is 0 Å². The molecule has 21 heavy (non-hydrogen) atoms. The Bertz CT molecular complexity index is 602. The number of hydrogen-bond acceptors (Lipinski definition) is 3. The second-order valence-electron chi connectivity index (χ2n) is 5.65. The van der Waals surface area contributed by atoms with E-state index in [0.717, 1.165) is 11.5 Å². The number of rotatable bonds is 5. The zero-order valence-corrected chi connectivity index (χ0v) is 14.0. The van der Waals surface area contributed by atoms with Crippen molar-refractivity contribution in [2.24, 2.45) is 0 Å². The van der Waals surface area contributed by atoms with Crippen LogP contribution in [0.15, 0.2) is 41.3 Å². The van der Waals surface area contributed by atoms with Crippen LogP contribution in [0.25, 0.3) is 0 Å². The highest BCUT2D eigenvalue weighted by atomic mass is 32.2. The Kier molecular flexibility index (Phi) is 5.18. The number of thioether (sulfide) groups is 1. The molecule has 112 valence electrons. The second-order valence-corrected chi connectivity index (χ2v) is 6.70. The first-order valence-corrected chi connectivity index (χ1v) is 8.19. The fourth-order valence-electron chi connectivity index (χ4n) is 2.28. The molecule has 0 radical (unpaired) electrons. The summed E-state index contributed by atoms with van der Waals surface area (Å²) in [7, 11) is 0. The molecule has 0 aliphatic carbocycles. The molecule has 2 N–H and O–H groups in total. The molecule has 0 amide bonds. The van der Waals surface area contributed by atoms with E-state index in [1.807, 2.05) is 26.0 Å². The molecule has 3 heteroatoms. The highest BCUT2D eigenvalue weighted by Crippen LogP contribution is 2.31. The third-order valence-electron chi connectivity index (χ3n) is 3.03. The topological polar surface area (TPSA) is 35.2 Å². The van der Waals surface area contributed by atoms with Crippen molar-refractivity contribution in [2.75, 3.05) is 5.73 Å². The van der Waals surface area contributed by atoms with Gasteiger partial charge in [-0.1, -0.05) is 29.3 Å². The Balaban J connectivity index is 2.09. The van der Waals surface area contributed by atoms with Crippen LogP contribution in [0.2, 0.25) is 0 Å². The number of hydrogen-bond donors (Lipinski definition) is 1. The molecule has 2 rings (SSSR count). The van der Waals surface area contributed by atoms with Gasteiger partial charge in [0.15, 0.2) is 0 Å². The maximum atomic E-state index is 5.95. The number of nitrogens with two attached hydrogens (primary N) is 1. The zero-order chi connectivity index (χ0) is 15.4. The van der Waals surface area contributed by atoms with Gasteiger partial charge >= 0.3 is 0 Å². The Hall–Kier alpha value is -1.61. The first-order chi connectivity index (χ1) is 9.94. The van der Waals surface area contributed by atoms with E-state index in [-0.39, 0.29) is 6.10 Å². The van der Waals surface area contributed by atoms with Crippen LogP contribution in [0.5, 0.6) is 5.75 Å². The predicted molar refractivity (Wildman–Crippen MR) is 92.1 cm³/mol. The average molecular weight is 301 g/mol. The molecule has 0 heterocycles. The van der Waals surface area contributed by atoms with Crippen LogP contribution in [0.3, 0.4) is 0 Å². The fourth-order valence-corrected chi connectivity index (χ4v) is 3.13. The lowest BCUT2D eigenvalue weighted by atomic mass is 10.1. The van der Waals surface area contributed by atoms with Gasteiger partial charge < -0.3 is 10.5 Å². The molecular weight excluding hydrogens is 278 g/mol. The molecule has 0 unspecified atom stereocenters. The number of ether oxygens (including phenoxy) is 1. The molecule has 2 aromatic rings. The number of aryl methyl sites for hydroxylation is 2. The summed E-state index contributed by atoms with van der Waals surface area (Å²) in [5, 5.41) is 0. The third-order valence-corrected chi connectivity index (χ3v) is 4.10. The first-order valence-electron chi connectivity index (χ1n) is 7.20. The summed E-state index contributed by atoms with van der Waals surface area (Å²) in [5.41, 5.74) is 10.6. The minimum Gasteiger partial charge on any atom is -0.489 e. The van der Waals surface area contributed by atoms with E-state index in [1.54, 1.807) is 11.8 Å². The van der Waals surface area contributed by atoms with E-state index >= 15 is 0 Å². The Morgan fingerprint density at radius 3 is 2.33 bits per heavy atom. The minimum absolute atomic E-state index is 0.131. The van der Waals surface area contributed by atoms with Gasteiger partial charge in [-0.05, 0) is 51.5 Å². The van der Waals surface area contributed by atoms with Gasteiger partial charge in [0.2, 0.25) is 0 Å². The van der Waals surface area contributed by atoms with Gasteiger partial charge in [-0.25, -0.2) is 0 Å². The maximum absolute atomic E-state index is 5.95. The molecule has 0 saturated carbocycles. The highest BCUT2D eigenvalue weighted by Gasteiger charge is 2.06. The molecule has 0 bridgehead atoms. The van der Waals surface area contributed by atoms with Gasteiger partial charge in [-0.15, -0.1) is 11.8 Å². The molecular formula is C18H23NOS. The lowest BCUT2D eigenvalue weighted by Crippen LogP contribution is -2.07. The zero-order valence-electron chi connectivity index (χ0n) is 13.1. The van der Waals surface area contributed by atoms with Crippen molar-refractivity contribution in [3.05, 3.63) is 53.1 Å². The fraction of sp³-hybridized carbons (Fsp3) is 0.333. The van der Waals surface area contributed by atoms with Crippen LogP contribution in [0, 0.1) is 13.8 Å². The third kappa shape index (κ3) is 4.71. The summed E-state index contributed by atoms with van der Waals surface area (Å²) >= 11 is 1.81. The summed E-state index contributed by atoms with van der Waals surface area (Å²) in [6.07, 6.45) is 0.131. The maximum Gasteiger partial charge on any atom is 0.143 e. The van der Waals surface area contributed by atoms with Crippen molar-refractivity contribution >= 4 is 17.4 Å². The number of anilines is 1. The first kappa shape index (κ1) is 15.8. The summed E-state index contributed by atoms with van der Waals surface area (Å²) < 4.78 is 5.74. The lowest BCUT2D eigenvalue weighted by molar-refractivity contribution is 0.243. The van der Waals surface area contributed by atoms with E-state index in [0.29, 0.717) is 5.69 Å². The van der Waals surface area contributed by atoms with Crippen LogP contribution in [-0.4, -0.2) is 6.10 Å². The van der Waals surface area contributed by atoms with Crippen LogP contribution >= 0.6 is 11.8 Å². The van der Waals surface area contributed by atoms with Gasteiger partial charge in [0.25, 0.3) is 0 Å². The Labute approximate surface area is 131 Å². The molecule has 0 aromatic heterocycles. The average Bonchev–Trinajstić information content (AvgIpc) is 2.38. The van der Waals surface area contributed by atoms with E-state index in [2.05, 4.69) is 38.1 Å². The van der Waals surface area contributed by atoms with Gasteiger partial charge in [0.1, 0.15) is 5.75 Å². The van der Waals surface area contributed by atoms with Gasteiger partial charge in [0, 0.05) is 10.6 Å². The van der Waals surface area contributed by atoms with Crippen molar-refractivity contribution in [1.82, 2.24) is 0 Å². The molecule has 0 aliphatic rings. The van der Waals surface area contributed by atoms with Gasteiger partial charge in [-0.3, -0.25) is 0 Å². The standard InChI is InChI=1S/C18H23NOS/c1-12(2)20-18-10-16(5-6-17(18)19)21-11-15-8-13(3)7-14(4)9-15/h5-10,12H,11,19H2,1-4H3. The number of benzene rings is 2. The van der Waals surface area contributed by atoms with Gasteiger partial charge in [0.05, 0.1) is 11.8 Å². The molecule has 0 aliphatic heterocycles. The van der Waals surface area contributed by atoms with Gasteiger partial charge in [-0.2, -0.15) is 0 Å². The molecule has 2 nitrogen and oxygen atoms in total. The molecule has 0 fully saturated rings. The summed E-state index contributed by atoms with van der Waals surface area (Å²) in [6, 6.07) is 12.7. The van der Waals surface area contributed by atoms with Crippen LogP contribution in [0.4, 0.5) is 5.69 Å². The lowest BCUT2D eigenvalue weighted by Gasteiger charge is -2.13. The molecule has 0 saturated heterocycles. The van der Waals surface area contributed by atoms with Crippen LogP contribution in [0.1, 0.15) is 30.5 Å². The van der Waals surface area contributed by atoms with Crippen molar-refractivity contribution < 1.29 is 4.74 Å². The molecule has 0 spiro atoms. The monoisotopic (exact) mass is 301 g/mol. The van der Waals surface area contributed by atoms with Crippen molar-refractivity contribution in [3.8, 4) is 5.75 Å². The summed E-state index contributed by atoms with van der Waals surface area (Å²) in [6.45, 7) is 8.29. The minimum atomic E-state index is 0.131. The quantitative estimate of drug-likeness (QED) is 0.626. The number of nitrogen functional groups attached to an aromatic ring is 1. The van der Waals surface area contributed by atoms with E-state index < -0.39 is 0 Å². The molecule has 0 atom stereocenters. The smallest absolute Gasteiger partial charge is 0.143 e. The Morgan fingerprint density at radius 2 is 1.71 bits per heavy atom.